The standard InChI is InChI=1S/C12H23N3O/c1-11(2)15(6-4-8-16)7-5-12-9-13-14(3)10-12/h9-11,16H,4-8H2,1-3H3. The fourth-order valence-corrected chi connectivity index (χ4v) is 1.78. The van der Waals surface area contributed by atoms with Crippen LogP contribution >= 0.6 is 0 Å². The van der Waals surface area contributed by atoms with Gasteiger partial charge >= 0.3 is 0 Å². The van der Waals surface area contributed by atoms with Crippen molar-refractivity contribution in [3.63, 3.8) is 0 Å². The molecule has 0 bridgehead atoms. The summed E-state index contributed by atoms with van der Waals surface area (Å²) in [6.07, 6.45) is 5.86. The van der Waals surface area contributed by atoms with Crippen LogP contribution in [0.1, 0.15) is 25.8 Å². The zero-order valence-electron chi connectivity index (χ0n) is 10.6. The lowest BCUT2D eigenvalue weighted by atomic mass is 10.2. The predicted octanol–water partition coefficient (Wildman–Crippen LogP) is 1.06. The van der Waals surface area contributed by atoms with Gasteiger partial charge in [-0.3, -0.25) is 4.68 Å². The van der Waals surface area contributed by atoms with Crippen molar-refractivity contribution in [2.45, 2.75) is 32.7 Å². The Labute approximate surface area is 97.9 Å². The van der Waals surface area contributed by atoms with E-state index < -0.39 is 0 Å². The quantitative estimate of drug-likeness (QED) is 0.754. The van der Waals surface area contributed by atoms with Crippen LogP contribution in [0.3, 0.4) is 0 Å². The lowest BCUT2D eigenvalue weighted by Gasteiger charge is -2.25. The van der Waals surface area contributed by atoms with Crippen molar-refractivity contribution in [1.29, 1.82) is 0 Å². The molecule has 1 rings (SSSR count). The molecule has 4 heteroatoms. The lowest BCUT2D eigenvalue weighted by molar-refractivity contribution is 0.193. The van der Waals surface area contributed by atoms with Gasteiger partial charge in [0, 0.05) is 39.0 Å². The third kappa shape index (κ3) is 4.33. The highest BCUT2D eigenvalue weighted by Gasteiger charge is 2.09. The van der Waals surface area contributed by atoms with Crippen LogP contribution in [-0.4, -0.2) is 45.5 Å². The molecule has 0 saturated carbocycles. The van der Waals surface area contributed by atoms with Crippen molar-refractivity contribution >= 4 is 0 Å². The SMILES string of the molecule is CC(C)N(CCCO)CCc1cnn(C)c1. The second-order valence-corrected chi connectivity index (χ2v) is 4.48. The van der Waals surface area contributed by atoms with Crippen LogP contribution in [0.5, 0.6) is 0 Å². The van der Waals surface area contributed by atoms with Gasteiger partial charge in [-0.15, -0.1) is 0 Å². The summed E-state index contributed by atoms with van der Waals surface area (Å²) in [7, 11) is 1.94. The smallest absolute Gasteiger partial charge is 0.0522 e. The van der Waals surface area contributed by atoms with E-state index in [0.717, 1.165) is 25.9 Å². The molecule has 0 spiro atoms. The Morgan fingerprint density at radius 2 is 2.19 bits per heavy atom. The number of aromatic nitrogens is 2. The Kier molecular flexibility index (Phi) is 5.49. The average Bonchev–Trinajstić information content (AvgIpc) is 2.64. The number of aliphatic hydroxyl groups is 1. The number of hydrogen-bond acceptors (Lipinski definition) is 3. The molecule has 0 aliphatic carbocycles. The Hall–Kier alpha value is -0.870. The summed E-state index contributed by atoms with van der Waals surface area (Å²) < 4.78 is 1.84. The molecule has 92 valence electrons. The van der Waals surface area contributed by atoms with Crippen molar-refractivity contribution in [1.82, 2.24) is 14.7 Å². The fraction of sp³-hybridized carbons (Fsp3) is 0.750. The van der Waals surface area contributed by atoms with Crippen LogP contribution in [-0.2, 0) is 13.5 Å². The number of hydrogen-bond donors (Lipinski definition) is 1. The van der Waals surface area contributed by atoms with Crippen LogP contribution < -0.4 is 0 Å². The second-order valence-electron chi connectivity index (χ2n) is 4.48. The van der Waals surface area contributed by atoms with Gasteiger partial charge in [0.1, 0.15) is 0 Å². The molecule has 4 nitrogen and oxygen atoms in total. The number of aryl methyl sites for hydroxylation is 1. The lowest BCUT2D eigenvalue weighted by Crippen LogP contribution is -2.34. The molecule has 0 fully saturated rings. The molecule has 0 atom stereocenters. The van der Waals surface area contributed by atoms with Gasteiger partial charge in [0.05, 0.1) is 6.20 Å². The molecule has 1 aromatic rings. The van der Waals surface area contributed by atoms with E-state index in [1.54, 1.807) is 0 Å². The van der Waals surface area contributed by atoms with Crippen molar-refractivity contribution < 1.29 is 5.11 Å². The van der Waals surface area contributed by atoms with E-state index in [-0.39, 0.29) is 6.61 Å². The minimum atomic E-state index is 0.274. The predicted molar refractivity (Wildman–Crippen MR) is 65.3 cm³/mol. The molecule has 0 saturated heterocycles. The molecule has 1 heterocycles. The number of aliphatic hydroxyl groups excluding tert-OH is 1. The van der Waals surface area contributed by atoms with Crippen molar-refractivity contribution in [2.24, 2.45) is 7.05 Å². The third-order valence-electron chi connectivity index (χ3n) is 2.78. The Morgan fingerprint density at radius 3 is 2.69 bits per heavy atom. The minimum Gasteiger partial charge on any atom is -0.396 e. The largest absolute Gasteiger partial charge is 0.396 e. The molecule has 0 aliphatic rings. The van der Waals surface area contributed by atoms with E-state index in [1.807, 2.05) is 17.9 Å². The van der Waals surface area contributed by atoms with E-state index in [9.17, 15) is 0 Å². The summed E-state index contributed by atoms with van der Waals surface area (Å²) in [6, 6.07) is 0.531. The number of rotatable bonds is 7. The number of nitrogens with zero attached hydrogens (tertiary/aromatic N) is 3. The van der Waals surface area contributed by atoms with Crippen LogP contribution in [0.15, 0.2) is 12.4 Å². The first-order chi connectivity index (χ1) is 7.63. The topological polar surface area (TPSA) is 41.3 Å². The summed E-state index contributed by atoms with van der Waals surface area (Å²) in [5.41, 5.74) is 1.28. The Morgan fingerprint density at radius 1 is 1.44 bits per heavy atom. The highest BCUT2D eigenvalue weighted by atomic mass is 16.3. The van der Waals surface area contributed by atoms with E-state index in [4.69, 9.17) is 5.11 Å². The molecule has 0 aromatic carbocycles. The summed E-state index contributed by atoms with van der Waals surface area (Å²) in [5, 5.41) is 13.0. The maximum Gasteiger partial charge on any atom is 0.0522 e. The van der Waals surface area contributed by atoms with Gasteiger partial charge in [0.2, 0.25) is 0 Å². The second kappa shape index (κ2) is 6.66. The van der Waals surface area contributed by atoms with Crippen LogP contribution in [0, 0.1) is 0 Å². The van der Waals surface area contributed by atoms with E-state index in [1.165, 1.54) is 5.56 Å². The Balaban J connectivity index is 2.37. The molecule has 0 unspecified atom stereocenters. The summed E-state index contributed by atoms with van der Waals surface area (Å²) >= 11 is 0. The summed E-state index contributed by atoms with van der Waals surface area (Å²) in [4.78, 5) is 2.39. The van der Waals surface area contributed by atoms with Crippen LogP contribution in [0.2, 0.25) is 0 Å². The minimum absolute atomic E-state index is 0.274. The van der Waals surface area contributed by atoms with Crippen LogP contribution in [0.4, 0.5) is 0 Å². The molecule has 1 aromatic heterocycles. The normalized spacial score (nSPS) is 11.6. The van der Waals surface area contributed by atoms with Gasteiger partial charge < -0.3 is 10.0 Å². The molecule has 0 radical (unpaired) electrons. The molecular weight excluding hydrogens is 202 g/mol. The van der Waals surface area contributed by atoms with Crippen LogP contribution in [0.25, 0.3) is 0 Å². The van der Waals surface area contributed by atoms with E-state index in [2.05, 4.69) is 30.0 Å². The summed E-state index contributed by atoms with van der Waals surface area (Å²) in [6.45, 7) is 6.66. The Bertz CT molecular complexity index is 296. The van der Waals surface area contributed by atoms with Crippen molar-refractivity contribution in [2.75, 3.05) is 19.7 Å². The van der Waals surface area contributed by atoms with Gasteiger partial charge in [0.25, 0.3) is 0 Å². The monoisotopic (exact) mass is 225 g/mol. The third-order valence-corrected chi connectivity index (χ3v) is 2.78. The summed E-state index contributed by atoms with van der Waals surface area (Å²) in [5.74, 6) is 0. The molecule has 0 aliphatic heterocycles. The maximum atomic E-state index is 8.85. The molecule has 1 N–H and O–H groups in total. The van der Waals surface area contributed by atoms with Crippen molar-refractivity contribution in [3.05, 3.63) is 18.0 Å². The molecule has 0 amide bonds. The average molecular weight is 225 g/mol. The van der Waals surface area contributed by atoms with Gasteiger partial charge in [-0.05, 0) is 32.3 Å². The van der Waals surface area contributed by atoms with E-state index >= 15 is 0 Å². The maximum absolute atomic E-state index is 8.85. The fourth-order valence-electron chi connectivity index (χ4n) is 1.78. The first kappa shape index (κ1) is 13.2. The zero-order valence-corrected chi connectivity index (χ0v) is 10.6. The molecular formula is C12H23N3O. The van der Waals surface area contributed by atoms with Gasteiger partial charge in [-0.25, -0.2) is 0 Å². The van der Waals surface area contributed by atoms with E-state index in [0.29, 0.717) is 6.04 Å². The first-order valence-electron chi connectivity index (χ1n) is 5.96. The zero-order chi connectivity index (χ0) is 12.0. The van der Waals surface area contributed by atoms with Gasteiger partial charge in [-0.1, -0.05) is 0 Å². The van der Waals surface area contributed by atoms with Crippen molar-refractivity contribution in [3.8, 4) is 0 Å². The van der Waals surface area contributed by atoms with Gasteiger partial charge in [0.15, 0.2) is 0 Å². The first-order valence-corrected chi connectivity index (χ1v) is 5.96. The van der Waals surface area contributed by atoms with Gasteiger partial charge in [-0.2, -0.15) is 5.10 Å². The molecule has 16 heavy (non-hydrogen) atoms. The highest BCUT2D eigenvalue weighted by Crippen LogP contribution is 2.04. The highest BCUT2D eigenvalue weighted by molar-refractivity contribution is 5.04.